The smallest absolute Gasteiger partial charge is 0.164 e. The van der Waals surface area contributed by atoms with Gasteiger partial charge < -0.3 is 8.83 Å². The highest BCUT2D eigenvalue weighted by Crippen LogP contribution is 2.46. The molecule has 0 fully saturated rings. The van der Waals surface area contributed by atoms with E-state index in [2.05, 4.69) is 91.0 Å². The second-order valence-electron chi connectivity index (χ2n) is 13.1. The maximum Gasteiger partial charge on any atom is 0.164 e. The van der Waals surface area contributed by atoms with Gasteiger partial charge in [-0.1, -0.05) is 140 Å². The minimum absolute atomic E-state index is 0.630. The number of furan rings is 2. The first-order valence-electron chi connectivity index (χ1n) is 17.4. The highest BCUT2D eigenvalue weighted by atomic mass is 16.3. The van der Waals surface area contributed by atoms with Crippen LogP contribution in [0.5, 0.6) is 0 Å². The van der Waals surface area contributed by atoms with E-state index in [0.29, 0.717) is 17.5 Å². The highest BCUT2D eigenvalue weighted by molar-refractivity contribution is 6.33. The van der Waals surface area contributed by atoms with Crippen molar-refractivity contribution < 1.29 is 8.83 Å². The topological polar surface area (TPSA) is 65.0 Å². The summed E-state index contributed by atoms with van der Waals surface area (Å²) in [5.74, 6) is 1.91. The maximum absolute atomic E-state index is 6.64. The summed E-state index contributed by atoms with van der Waals surface area (Å²) in [4.78, 5) is 15.0. The number of rotatable bonds is 4. The van der Waals surface area contributed by atoms with Gasteiger partial charge in [-0.15, -0.1) is 0 Å². The Labute approximate surface area is 297 Å². The van der Waals surface area contributed by atoms with Crippen LogP contribution < -0.4 is 0 Å². The van der Waals surface area contributed by atoms with Crippen molar-refractivity contribution in [3.8, 4) is 45.3 Å². The van der Waals surface area contributed by atoms with Gasteiger partial charge in [0.1, 0.15) is 22.3 Å². The van der Waals surface area contributed by atoms with Crippen molar-refractivity contribution in [3.63, 3.8) is 0 Å². The fourth-order valence-electron chi connectivity index (χ4n) is 7.74. The number of aromatic nitrogens is 3. The normalized spacial score (nSPS) is 11.8. The summed E-state index contributed by atoms with van der Waals surface area (Å²) in [5, 5.41) is 8.60. The van der Waals surface area contributed by atoms with E-state index >= 15 is 0 Å². The number of hydrogen-bond acceptors (Lipinski definition) is 5. The van der Waals surface area contributed by atoms with E-state index in [1.54, 1.807) is 0 Å². The summed E-state index contributed by atoms with van der Waals surface area (Å²) < 4.78 is 13.3. The van der Waals surface area contributed by atoms with E-state index in [9.17, 15) is 0 Å². The minimum atomic E-state index is 0.630. The van der Waals surface area contributed by atoms with Gasteiger partial charge in [-0.2, -0.15) is 0 Å². The minimum Gasteiger partial charge on any atom is -0.455 e. The first-order chi connectivity index (χ1) is 25.8. The molecule has 5 heteroatoms. The molecule has 0 radical (unpaired) electrons. The first-order valence-corrected chi connectivity index (χ1v) is 17.4. The molecule has 11 aromatic rings. The van der Waals surface area contributed by atoms with Crippen molar-refractivity contribution in [2.24, 2.45) is 0 Å². The average Bonchev–Trinajstić information content (AvgIpc) is 3.80. The number of benzene rings is 8. The molecule has 0 saturated carbocycles. The van der Waals surface area contributed by atoms with Crippen molar-refractivity contribution in [3.05, 3.63) is 164 Å². The molecular formula is C47H27N3O2. The lowest BCUT2D eigenvalue weighted by Crippen LogP contribution is -2.00. The summed E-state index contributed by atoms with van der Waals surface area (Å²) in [6.45, 7) is 0. The molecule has 0 saturated heterocycles. The van der Waals surface area contributed by atoms with Gasteiger partial charge in [-0.25, -0.2) is 15.0 Å². The molecule has 0 aliphatic heterocycles. The standard InChI is InChI=1S/C47H27N3O2/c1-3-13-28(14-4-1)45-48-46(29-15-5-2-6-16-29)50-47(49-45)36-25-24-31(32-17-7-8-18-33(32)36)30-23-26-40-38(27-30)42-43(51-40)35-20-10-9-19-34(35)41-37-21-11-12-22-39(37)52-44(41)42/h1-27H. The molecule has 0 amide bonds. The molecule has 0 unspecified atom stereocenters. The zero-order valence-corrected chi connectivity index (χ0v) is 27.7. The van der Waals surface area contributed by atoms with E-state index in [4.69, 9.17) is 23.8 Å². The van der Waals surface area contributed by atoms with Crippen molar-refractivity contribution in [2.75, 3.05) is 0 Å². The SMILES string of the molecule is c1ccc(-c2nc(-c3ccccc3)nc(-c3ccc(-c4ccc5oc6c7ccccc7c7c8ccccc8oc7c6c5c4)c4ccccc34)n2)cc1. The Hall–Kier alpha value is -7.11. The Kier molecular flexibility index (Phi) is 6.18. The average molecular weight is 666 g/mol. The van der Waals surface area contributed by atoms with Crippen LogP contribution in [0.3, 0.4) is 0 Å². The van der Waals surface area contributed by atoms with Gasteiger partial charge in [0.05, 0.1) is 5.39 Å². The van der Waals surface area contributed by atoms with E-state index in [1.807, 2.05) is 72.8 Å². The molecule has 0 atom stereocenters. The van der Waals surface area contributed by atoms with E-state index in [-0.39, 0.29) is 0 Å². The molecule has 11 rings (SSSR count). The van der Waals surface area contributed by atoms with Crippen LogP contribution in [-0.4, -0.2) is 15.0 Å². The second-order valence-corrected chi connectivity index (χ2v) is 13.1. The van der Waals surface area contributed by atoms with Crippen LogP contribution in [0.25, 0.3) is 111 Å². The Bertz CT molecular complexity index is 3120. The fraction of sp³-hybridized carbons (Fsp3) is 0. The van der Waals surface area contributed by atoms with Crippen molar-refractivity contribution in [1.82, 2.24) is 15.0 Å². The summed E-state index contributed by atoms with van der Waals surface area (Å²) >= 11 is 0. The van der Waals surface area contributed by atoms with E-state index in [1.165, 1.54) is 0 Å². The fourth-order valence-corrected chi connectivity index (χ4v) is 7.74. The Balaban J connectivity index is 1.14. The zero-order valence-electron chi connectivity index (χ0n) is 27.7. The van der Waals surface area contributed by atoms with Crippen molar-refractivity contribution in [2.45, 2.75) is 0 Å². The molecule has 5 nitrogen and oxygen atoms in total. The lowest BCUT2D eigenvalue weighted by atomic mass is 9.93. The summed E-state index contributed by atoms with van der Waals surface area (Å²) in [5.41, 5.74) is 8.40. The molecule has 8 aromatic carbocycles. The lowest BCUT2D eigenvalue weighted by Gasteiger charge is -2.13. The van der Waals surface area contributed by atoms with Crippen LogP contribution in [0.15, 0.2) is 173 Å². The molecule has 242 valence electrons. The molecule has 0 N–H and O–H groups in total. The number of nitrogens with zero attached hydrogens (tertiary/aromatic N) is 3. The van der Waals surface area contributed by atoms with Crippen LogP contribution >= 0.6 is 0 Å². The Morgan fingerprint density at radius 2 is 0.827 bits per heavy atom. The molecule has 3 aromatic heterocycles. The number of fused-ring (bicyclic) bond motifs is 11. The molecule has 52 heavy (non-hydrogen) atoms. The van der Waals surface area contributed by atoms with Gasteiger partial charge >= 0.3 is 0 Å². The van der Waals surface area contributed by atoms with Crippen LogP contribution in [0.1, 0.15) is 0 Å². The lowest BCUT2D eigenvalue weighted by molar-refractivity contribution is 0.665. The monoisotopic (exact) mass is 665 g/mol. The third-order valence-corrected chi connectivity index (χ3v) is 10.1. The van der Waals surface area contributed by atoms with E-state index in [0.717, 1.165) is 93.2 Å². The molecule has 0 aliphatic rings. The zero-order chi connectivity index (χ0) is 34.2. The predicted octanol–water partition coefficient (Wildman–Crippen LogP) is 12.6. The van der Waals surface area contributed by atoms with Crippen LogP contribution in [0, 0.1) is 0 Å². The van der Waals surface area contributed by atoms with Gasteiger partial charge in [0, 0.05) is 38.2 Å². The second kappa shape index (κ2) is 11.2. The van der Waals surface area contributed by atoms with Gasteiger partial charge in [0.25, 0.3) is 0 Å². The summed E-state index contributed by atoms with van der Waals surface area (Å²) in [6.07, 6.45) is 0. The highest BCUT2D eigenvalue weighted by Gasteiger charge is 2.22. The van der Waals surface area contributed by atoms with Gasteiger partial charge in [-0.05, 0) is 51.6 Å². The van der Waals surface area contributed by atoms with E-state index < -0.39 is 0 Å². The summed E-state index contributed by atoms with van der Waals surface area (Å²) in [7, 11) is 0. The van der Waals surface area contributed by atoms with Crippen LogP contribution in [0.4, 0.5) is 0 Å². The molecule has 0 bridgehead atoms. The largest absolute Gasteiger partial charge is 0.455 e. The third kappa shape index (κ3) is 4.33. The number of hydrogen-bond donors (Lipinski definition) is 0. The maximum atomic E-state index is 6.64. The molecule has 3 heterocycles. The first kappa shape index (κ1) is 28.7. The van der Waals surface area contributed by atoms with Gasteiger partial charge in [-0.3, -0.25) is 0 Å². The quantitative estimate of drug-likeness (QED) is 0.187. The van der Waals surface area contributed by atoms with Crippen LogP contribution in [0.2, 0.25) is 0 Å². The van der Waals surface area contributed by atoms with Gasteiger partial charge in [0.15, 0.2) is 17.5 Å². The van der Waals surface area contributed by atoms with Crippen molar-refractivity contribution in [1.29, 1.82) is 0 Å². The predicted molar refractivity (Wildman–Crippen MR) is 211 cm³/mol. The summed E-state index contributed by atoms with van der Waals surface area (Å²) in [6, 6.07) is 56.2. The molecular weight excluding hydrogens is 639 g/mol. The van der Waals surface area contributed by atoms with Crippen LogP contribution in [-0.2, 0) is 0 Å². The Morgan fingerprint density at radius 3 is 1.54 bits per heavy atom. The number of para-hydroxylation sites is 1. The molecule has 0 aliphatic carbocycles. The third-order valence-electron chi connectivity index (χ3n) is 10.1. The van der Waals surface area contributed by atoms with Crippen molar-refractivity contribution >= 4 is 65.4 Å². The molecule has 0 spiro atoms. The van der Waals surface area contributed by atoms with Gasteiger partial charge in [0.2, 0.25) is 0 Å². The Morgan fingerprint density at radius 1 is 0.308 bits per heavy atom.